The summed E-state index contributed by atoms with van der Waals surface area (Å²) in [5.74, 6) is -6.41. The predicted molar refractivity (Wildman–Crippen MR) is 199 cm³/mol. The molecule has 0 spiro atoms. The predicted octanol–water partition coefficient (Wildman–Crippen LogP) is 3.00. The minimum absolute atomic E-state index is 0.00467. The molecular formula is C36H35FN8O8S2. The van der Waals surface area contributed by atoms with Crippen LogP contribution in [0.3, 0.4) is 0 Å². The molecule has 2 saturated heterocycles. The first-order valence-corrected chi connectivity index (χ1v) is 19.3. The first-order chi connectivity index (χ1) is 26.5. The number of thiazole rings is 1. The van der Waals surface area contributed by atoms with Crippen molar-refractivity contribution in [1.82, 2.24) is 25.5 Å². The summed E-state index contributed by atoms with van der Waals surface area (Å²) in [5.41, 5.74) is 6.71. The summed E-state index contributed by atoms with van der Waals surface area (Å²) in [4.78, 5) is 82.6. The summed E-state index contributed by atoms with van der Waals surface area (Å²) in [5, 5.41) is 33.4. The molecule has 19 heteroatoms. The van der Waals surface area contributed by atoms with Gasteiger partial charge in [0, 0.05) is 59.7 Å². The van der Waals surface area contributed by atoms with E-state index in [9.17, 15) is 38.6 Å². The molecule has 7 N–H and O–H groups in total. The van der Waals surface area contributed by atoms with Crippen molar-refractivity contribution >= 4 is 69.2 Å². The van der Waals surface area contributed by atoms with Crippen molar-refractivity contribution < 1.29 is 43.4 Å². The molecule has 0 bridgehead atoms. The highest BCUT2D eigenvalue weighted by Crippen LogP contribution is 2.47. The van der Waals surface area contributed by atoms with E-state index >= 15 is 0 Å². The van der Waals surface area contributed by atoms with Crippen LogP contribution in [0.4, 0.5) is 15.2 Å². The van der Waals surface area contributed by atoms with Crippen molar-refractivity contribution in [3.63, 3.8) is 0 Å². The van der Waals surface area contributed by atoms with Crippen LogP contribution < -0.4 is 21.7 Å². The molecule has 55 heavy (non-hydrogen) atoms. The average Bonchev–Trinajstić information content (AvgIpc) is 3.95. The summed E-state index contributed by atoms with van der Waals surface area (Å²) >= 11 is 2.29. The number of amides is 4. The number of rotatable bonds is 12. The SMILES string of the molecule is Nc1nc(C(=NOC2CCCC2)C(=O)N[C@@H]2C(=O)N3C(C(=O)O)=C(C(=C4CCNC4=O)C(CC(=O)Nc4ccc(O)c(F)c4)c4ccncc4)CS[C@H]23)cs1. The molecule has 4 aliphatic rings. The van der Waals surface area contributed by atoms with Gasteiger partial charge in [-0.1, -0.05) is 5.16 Å². The van der Waals surface area contributed by atoms with Gasteiger partial charge in [-0.2, -0.15) is 0 Å². The van der Waals surface area contributed by atoms with E-state index in [-0.39, 0.29) is 75.9 Å². The lowest BCUT2D eigenvalue weighted by molar-refractivity contribution is -0.150. The number of halogens is 1. The lowest BCUT2D eigenvalue weighted by Crippen LogP contribution is -2.71. The fourth-order valence-electron chi connectivity index (χ4n) is 7.10. The van der Waals surface area contributed by atoms with Gasteiger partial charge in [0.25, 0.3) is 11.8 Å². The Labute approximate surface area is 321 Å². The zero-order chi connectivity index (χ0) is 38.8. The van der Waals surface area contributed by atoms with E-state index in [2.05, 4.69) is 31.1 Å². The van der Waals surface area contributed by atoms with E-state index in [0.29, 0.717) is 5.56 Å². The third-order valence-electron chi connectivity index (χ3n) is 9.70. The number of nitrogens with zero attached hydrogens (tertiary/aromatic N) is 4. The second-order valence-corrected chi connectivity index (χ2v) is 15.2. The minimum Gasteiger partial charge on any atom is -0.505 e. The van der Waals surface area contributed by atoms with Crippen LogP contribution in [0.25, 0.3) is 0 Å². The number of aliphatic carboxylic acids is 1. The fraction of sp³-hybridized carbons (Fsp3) is 0.333. The Morgan fingerprint density at radius 3 is 2.58 bits per heavy atom. The van der Waals surface area contributed by atoms with Crippen LogP contribution in [-0.2, 0) is 28.8 Å². The van der Waals surface area contributed by atoms with Crippen molar-refractivity contribution in [2.45, 2.75) is 62.0 Å². The molecule has 1 aliphatic carbocycles. The number of carbonyl (C=O) groups excluding carboxylic acids is 4. The number of benzene rings is 1. The molecule has 1 saturated carbocycles. The Bertz CT molecular complexity index is 2150. The number of oxime groups is 1. The number of hydrogen-bond donors (Lipinski definition) is 6. The molecule has 1 aromatic carbocycles. The minimum atomic E-state index is -1.45. The van der Waals surface area contributed by atoms with Crippen molar-refractivity contribution in [3.8, 4) is 5.75 Å². The molecule has 2 aromatic heterocycles. The highest BCUT2D eigenvalue weighted by Gasteiger charge is 2.55. The summed E-state index contributed by atoms with van der Waals surface area (Å²) < 4.78 is 14.1. The quantitative estimate of drug-likeness (QED) is 0.0511. The van der Waals surface area contributed by atoms with Crippen LogP contribution in [0.2, 0.25) is 0 Å². The zero-order valence-electron chi connectivity index (χ0n) is 29.0. The molecule has 3 fully saturated rings. The Morgan fingerprint density at radius 2 is 1.93 bits per heavy atom. The molecule has 0 radical (unpaired) electrons. The molecule has 5 heterocycles. The van der Waals surface area contributed by atoms with Crippen molar-refractivity contribution in [2.75, 3.05) is 23.3 Å². The molecule has 7 rings (SSSR count). The van der Waals surface area contributed by atoms with Gasteiger partial charge in [0.15, 0.2) is 22.4 Å². The van der Waals surface area contributed by atoms with Gasteiger partial charge in [-0.15, -0.1) is 23.1 Å². The van der Waals surface area contributed by atoms with Gasteiger partial charge >= 0.3 is 5.97 Å². The topological polar surface area (TPSA) is 239 Å². The van der Waals surface area contributed by atoms with Gasteiger partial charge in [0.05, 0.1) is 0 Å². The lowest BCUT2D eigenvalue weighted by Gasteiger charge is -2.50. The monoisotopic (exact) mass is 790 g/mol. The Hall–Kier alpha value is -5.82. The number of nitrogen functional groups attached to an aromatic ring is 1. The smallest absolute Gasteiger partial charge is 0.352 e. The van der Waals surface area contributed by atoms with Gasteiger partial charge in [-0.25, -0.2) is 14.2 Å². The standard InChI is InChI=1S/C36H35FN8O8S2/c37-23-13-18(5-6-25(23)46)41-26(47)14-21(17-7-10-39-11-8-17)27(20-9-12-40-31(20)48)22-15-54-34-29(33(50)45(34)30(22)35(51)52)43-32(49)28(24-16-55-36(38)42-24)44-53-19-3-1-2-4-19/h5-8,10-11,13,16,19,21,29,34,46H,1-4,9,12,14-15H2,(H2,38,42)(H,40,48)(H,41,47)(H,43,49)(H,51,52)/t21?,29-,34-/m1/s1. The first-order valence-electron chi connectivity index (χ1n) is 17.4. The summed E-state index contributed by atoms with van der Waals surface area (Å²) in [7, 11) is 0. The van der Waals surface area contributed by atoms with Crippen LogP contribution in [0, 0.1) is 5.82 Å². The maximum atomic E-state index is 14.1. The number of carbonyl (C=O) groups is 5. The van der Waals surface area contributed by atoms with Crippen LogP contribution in [0.15, 0.2) is 75.7 Å². The third kappa shape index (κ3) is 7.74. The number of aromatic hydroxyl groups is 1. The molecular weight excluding hydrogens is 756 g/mol. The van der Waals surface area contributed by atoms with E-state index in [1.54, 1.807) is 17.5 Å². The van der Waals surface area contributed by atoms with Crippen LogP contribution in [-0.4, -0.2) is 90.2 Å². The highest BCUT2D eigenvalue weighted by molar-refractivity contribution is 8.00. The normalized spacial score (nSPS) is 21.4. The fourth-order valence-corrected chi connectivity index (χ4v) is 9.01. The number of phenolic OH excluding ortho intramolecular Hbond substituents is 1. The number of aromatic nitrogens is 2. The Kier molecular flexibility index (Phi) is 10.8. The molecule has 16 nitrogen and oxygen atoms in total. The number of anilines is 2. The number of hydrogen-bond acceptors (Lipinski definition) is 13. The van der Waals surface area contributed by atoms with Gasteiger partial charge in [0.1, 0.15) is 28.9 Å². The van der Waals surface area contributed by atoms with Crippen molar-refractivity contribution in [2.24, 2.45) is 5.16 Å². The molecule has 3 atom stereocenters. The third-order valence-corrected chi connectivity index (χ3v) is 11.6. The second kappa shape index (κ2) is 15.9. The average molecular weight is 791 g/mol. The first kappa shape index (κ1) is 37.5. The van der Waals surface area contributed by atoms with Gasteiger partial charge in [-0.3, -0.25) is 29.1 Å². The highest BCUT2D eigenvalue weighted by atomic mass is 32.2. The van der Waals surface area contributed by atoms with Gasteiger partial charge < -0.3 is 36.7 Å². The van der Waals surface area contributed by atoms with Crippen LogP contribution >= 0.6 is 23.1 Å². The summed E-state index contributed by atoms with van der Waals surface area (Å²) in [6.07, 6.45) is 6.22. The van der Waals surface area contributed by atoms with Crippen LogP contribution in [0.5, 0.6) is 5.75 Å². The summed E-state index contributed by atoms with van der Waals surface area (Å²) in [6.45, 7) is 0.265. The van der Waals surface area contributed by atoms with E-state index < -0.39 is 58.5 Å². The van der Waals surface area contributed by atoms with E-state index in [1.165, 1.54) is 30.2 Å². The number of phenols is 1. The number of carboxylic acid groups (broad SMARTS) is 1. The Morgan fingerprint density at radius 1 is 1.16 bits per heavy atom. The zero-order valence-corrected chi connectivity index (χ0v) is 30.6. The summed E-state index contributed by atoms with van der Waals surface area (Å²) in [6, 6.07) is 5.50. The largest absolute Gasteiger partial charge is 0.505 e. The molecule has 4 amide bonds. The second-order valence-electron chi connectivity index (χ2n) is 13.2. The van der Waals surface area contributed by atoms with Gasteiger partial charge in [-0.05, 0) is 73.1 Å². The number of pyridine rings is 1. The van der Waals surface area contributed by atoms with E-state index in [0.717, 1.165) is 54.1 Å². The molecule has 3 aliphatic heterocycles. The molecule has 3 aromatic rings. The number of carboxylic acids is 1. The Balaban J connectivity index is 1.21. The number of β-lactam (4-membered cyclic amide) rings is 1. The molecule has 1 unspecified atom stereocenters. The number of fused-ring (bicyclic) bond motifs is 1. The lowest BCUT2D eigenvalue weighted by atomic mass is 9.80. The number of allylic oxidation sites excluding steroid dienone is 1. The van der Waals surface area contributed by atoms with Crippen molar-refractivity contribution in [3.05, 3.63) is 87.6 Å². The van der Waals surface area contributed by atoms with E-state index in [4.69, 9.17) is 10.6 Å². The maximum Gasteiger partial charge on any atom is 0.352 e. The number of thioether (sulfide) groups is 1. The van der Waals surface area contributed by atoms with Crippen LogP contribution in [0.1, 0.15) is 55.7 Å². The number of nitrogens with two attached hydrogens (primary N) is 1. The van der Waals surface area contributed by atoms with Crippen molar-refractivity contribution in [1.29, 1.82) is 0 Å². The molecule has 286 valence electrons. The van der Waals surface area contributed by atoms with Gasteiger partial charge in [0.2, 0.25) is 11.8 Å². The number of nitrogens with one attached hydrogen (secondary N) is 3. The van der Waals surface area contributed by atoms with E-state index in [1.807, 2.05) is 0 Å². The maximum absolute atomic E-state index is 14.1.